The highest BCUT2D eigenvalue weighted by Gasteiger charge is 2.32. The summed E-state index contributed by atoms with van der Waals surface area (Å²) in [6, 6.07) is 7.25. The molecule has 1 aliphatic rings. The zero-order chi connectivity index (χ0) is 14.4. The SMILES string of the molecule is CCOc1ccc(C(=O)NC2(CN)CCCCC2)cc1. The molecule has 20 heavy (non-hydrogen) atoms. The fourth-order valence-corrected chi connectivity index (χ4v) is 2.79. The molecule has 0 heterocycles. The minimum Gasteiger partial charge on any atom is -0.494 e. The van der Waals surface area contributed by atoms with Crippen molar-refractivity contribution in [1.82, 2.24) is 5.32 Å². The van der Waals surface area contributed by atoms with E-state index in [4.69, 9.17) is 10.5 Å². The van der Waals surface area contributed by atoms with Gasteiger partial charge in [-0.05, 0) is 44.0 Å². The normalized spacial score (nSPS) is 17.5. The summed E-state index contributed by atoms with van der Waals surface area (Å²) in [5.41, 5.74) is 6.34. The zero-order valence-electron chi connectivity index (χ0n) is 12.2. The molecule has 1 aromatic carbocycles. The Morgan fingerprint density at radius 1 is 1.25 bits per heavy atom. The zero-order valence-corrected chi connectivity index (χ0v) is 12.2. The van der Waals surface area contributed by atoms with E-state index in [0.29, 0.717) is 18.7 Å². The monoisotopic (exact) mass is 276 g/mol. The Morgan fingerprint density at radius 3 is 2.45 bits per heavy atom. The molecule has 0 aromatic heterocycles. The summed E-state index contributed by atoms with van der Waals surface area (Å²) in [7, 11) is 0. The number of amides is 1. The molecule has 1 amide bonds. The van der Waals surface area contributed by atoms with Crippen molar-refractivity contribution in [3.05, 3.63) is 29.8 Å². The first-order valence-corrected chi connectivity index (χ1v) is 7.44. The molecule has 1 aromatic rings. The number of rotatable bonds is 5. The van der Waals surface area contributed by atoms with E-state index < -0.39 is 0 Å². The van der Waals surface area contributed by atoms with E-state index in [2.05, 4.69) is 5.32 Å². The summed E-state index contributed by atoms with van der Waals surface area (Å²) in [5, 5.41) is 3.15. The van der Waals surface area contributed by atoms with Crippen LogP contribution < -0.4 is 15.8 Å². The number of benzene rings is 1. The van der Waals surface area contributed by atoms with Gasteiger partial charge in [-0.2, -0.15) is 0 Å². The van der Waals surface area contributed by atoms with Gasteiger partial charge in [0.2, 0.25) is 0 Å². The second-order valence-electron chi connectivity index (χ2n) is 5.46. The van der Waals surface area contributed by atoms with Crippen LogP contribution in [0, 0.1) is 0 Å². The quantitative estimate of drug-likeness (QED) is 0.868. The largest absolute Gasteiger partial charge is 0.494 e. The van der Waals surface area contributed by atoms with Crippen molar-refractivity contribution in [2.45, 2.75) is 44.6 Å². The van der Waals surface area contributed by atoms with E-state index in [1.54, 1.807) is 12.1 Å². The van der Waals surface area contributed by atoms with Gasteiger partial charge in [-0.25, -0.2) is 0 Å². The van der Waals surface area contributed by atoms with Crippen molar-refractivity contribution < 1.29 is 9.53 Å². The van der Waals surface area contributed by atoms with Crippen molar-refractivity contribution in [2.75, 3.05) is 13.2 Å². The molecule has 0 bridgehead atoms. The number of carbonyl (C=O) groups is 1. The molecule has 4 heteroatoms. The minimum atomic E-state index is -0.214. The average Bonchev–Trinajstić information content (AvgIpc) is 2.49. The van der Waals surface area contributed by atoms with Gasteiger partial charge in [0, 0.05) is 12.1 Å². The minimum absolute atomic E-state index is 0.0413. The van der Waals surface area contributed by atoms with Gasteiger partial charge in [0.1, 0.15) is 5.75 Å². The Bertz CT molecular complexity index is 436. The van der Waals surface area contributed by atoms with Gasteiger partial charge in [-0.3, -0.25) is 4.79 Å². The molecule has 110 valence electrons. The number of hydrogen-bond donors (Lipinski definition) is 2. The lowest BCUT2D eigenvalue weighted by atomic mass is 9.81. The summed E-state index contributed by atoms with van der Waals surface area (Å²) < 4.78 is 5.38. The van der Waals surface area contributed by atoms with E-state index in [9.17, 15) is 4.79 Å². The third-order valence-corrected chi connectivity index (χ3v) is 4.01. The molecule has 1 saturated carbocycles. The first-order valence-electron chi connectivity index (χ1n) is 7.44. The lowest BCUT2D eigenvalue weighted by Gasteiger charge is -2.37. The second-order valence-corrected chi connectivity index (χ2v) is 5.46. The van der Waals surface area contributed by atoms with Gasteiger partial charge in [0.25, 0.3) is 5.91 Å². The van der Waals surface area contributed by atoms with Crippen LogP contribution in [0.2, 0.25) is 0 Å². The summed E-state index contributed by atoms with van der Waals surface area (Å²) in [6.07, 6.45) is 5.47. The van der Waals surface area contributed by atoms with Crippen LogP contribution in [0.5, 0.6) is 5.75 Å². The lowest BCUT2D eigenvalue weighted by Crippen LogP contribution is -2.54. The standard InChI is InChI=1S/C16H24N2O2/c1-2-20-14-8-6-13(7-9-14)15(19)18-16(12-17)10-4-3-5-11-16/h6-9H,2-5,10-12,17H2,1H3,(H,18,19). The van der Waals surface area contributed by atoms with Crippen molar-refractivity contribution in [1.29, 1.82) is 0 Å². The Hall–Kier alpha value is -1.55. The molecule has 0 spiro atoms. The van der Waals surface area contributed by atoms with Crippen LogP contribution in [0.4, 0.5) is 0 Å². The van der Waals surface area contributed by atoms with Gasteiger partial charge in [-0.1, -0.05) is 19.3 Å². The maximum atomic E-state index is 12.3. The Labute approximate surface area is 120 Å². The summed E-state index contributed by atoms with van der Waals surface area (Å²) in [4.78, 5) is 12.3. The smallest absolute Gasteiger partial charge is 0.251 e. The molecule has 3 N–H and O–H groups in total. The molecule has 0 aliphatic heterocycles. The predicted molar refractivity (Wildman–Crippen MR) is 79.9 cm³/mol. The van der Waals surface area contributed by atoms with Gasteiger partial charge in [-0.15, -0.1) is 0 Å². The van der Waals surface area contributed by atoms with E-state index in [-0.39, 0.29) is 11.4 Å². The number of nitrogens with two attached hydrogens (primary N) is 1. The van der Waals surface area contributed by atoms with Crippen LogP contribution in [-0.2, 0) is 0 Å². The van der Waals surface area contributed by atoms with E-state index in [1.165, 1.54) is 6.42 Å². The Kier molecular flexibility index (Phi) is 5.01. The number of ether oxygens (including phenoxy) is 1. The fourth-order valence-electron chi connectivity index (χ4n) is 2.79. The van der Waals surface area contributed by atoms with Crippen LogP contribution in [0.1, 0.15) is 49.4 Å². The molecular formula is C16H24N2O2. The first-order chi connectivity index (χ1) is 9.69. The Balaban J connectivity index is 2.03. The van der Waals surface area contributed by atoms with E-state index in [0.717, 1.165) is 31.4 Å². The average molecular weight is 276 g/mol. The molecular weight excluding hydrogens is 252 g/mol. The Morgan fingerprint density at radius 2 is 1.90 bits per heavy atom. The lowest BCUT2D eigenvalue weighted by molar-refractivity contribution is 0.0874. The van der Waals surface area contributed by atoms with Crippen LogP contribution in [-0.4, -0.2) is 24.6 Å². The third-order valence-electron chi connectivity index (χ3n) is 4.01. The molecule has 4 nitrogen and oxygen atoms in total. The molecule has 0 saturated heterocycles. The molecule has 2 rings (SSSR count). The molecule has 0 radical (unpaired) electrons. The van der Waals surface area contributed by atoms with Crippen LogP contribution in [0.25, 0.3) is 0 Å². The fraction of sp³-hybridized carbons (Fsp3) is 0.562. The third kappa shape index (κ3) is 3.51. The van der Waals surface area contributed by atoms with Crippen molar-refractivity contribution in [3.8, 4) is 5.75 Å². The van der Waals surface area contributed by atoms with Gasteiger partial charge in [0.05, 0.1) is 12.1 Å². The van der Waals surface area contributed by atoms with Crippen molar-refractivity contribution in [3.63, 3.8) is 0 Å². The highest BCUT2D eigenvalue weighted by Crippen LogP contribution is 2.27. The van der Waals surface area contributed by atoms with Gasteiger partial charge in [0.15, 0.2) is 0 Å². The van der Waals surface area contributed by atoms with Crippen LogP contribution in [0.3, 0.4) is 0 Å². The summed E-state index contributed by atoms with van der Waals surface area (Å²) in [6.45, 7) is 3.08. The molecule has 1 fully saturated rings. The maximum absolute atomic E-state index is 12.3. The van der Waals surface area contributed by atoms with Crippen molar-refractivity contribution in [2.24, 2.45) is 5.73 Å². The summed E-state index contributed by atoms with van der Waals surface area (Å²) >= 11 is 0. The number of carbonyl (C=O) groups excluding carboxylic acids is 1. The highest BCUT2D eigenvalue weighted by molar-refractivity contribution is 5.94. The van der Waals surface area contributed by atoms with Gasteiger partial charge < -0.3 is 15.8 Å². The van der Waals surface area contributed by atoms with E-state index in [1.807, 2.05) is 19.1 Å². The topological polar surface area (TPSA) is 64.3 Å². The highest BCUT2D eigenvalue weighted by atomic mass is 16.5. The van der Waals surface area contributed by atoms with E-state index >= 15 is 0 Å². The van der Waals surface area contributed by atoms with Gasteiger partial charge >= 0.3 is 0 Å². The van der Waals surface area contributed by atoms with Crippen LogP contribution >= 0.6 is 0 Å². The molecule has 1 aliphatic carbocycles. The first kappa shape index (κ1) is 14.9. The summed E-state index contributed by atoms with van der Waals surface area (Å²) in [5.74, 6) is 0.746. The second kappa shape index (κ2) is 6.75. The number of nitrogens with one attached hydrogen (secondary N) is 1. The van der Waals surface area contributed by atoms with Crippen LogP contribution in [0.15, 0.2) is 24.3 Å². The number of hydrogen-bond acceptors (Lipinski definition) is 3. The maximum Gasteiger partial charge on any atom is 0.251 e. The molecule has 0 unspecified atom stereocenters. The predicted octanol–water partition coefficient (Wildman–Crippen LogP) is 2.48. The van der Waals surface area contributed by atoms with Crippen molar-refractivity contribution >= 4 is 5.91 Å². The molecule has 0 atom stereocenters.